The van der Waals surface area contributed by atoms with Gasteiger partial charge in [0, 0.05) is 32.5 Å². The molecule has 1 N–H and O–H groups in total. The number of hydrogen-bond acceptors (Lipinski definition) is 8. The van der Waals surface area contributed by atoms with Crippen molar-refractivity contribution in [3.8, 4) is 17.3 Å². The second-order valence-electron chi connectivity index (χ2n) is 11.1. The highest BCUT2D eigenvalue weighted by Gasteiger charge is 2.29. The van der Waals surface area contributed by atoms with Gasteiger partial charge in [0.05, 0.1) is 36.4 Å². The van der Waals surface area contributed by atoms with Gasteiger partial charge in [-0.25, -0.2) is 9.97 Å². The van der Waals surface area contributed by atoms with E-state index in [0.29, 0.717) is 31.5 Å². The van der Waals surface area contributed by atoms with Gasteiger partial charge >= 0.3 is 5.97 Å². The summed E-state index contributed by atoms with van der Waals surface area (Å²) >= 11 is 0. The zero-order valence-electron chi connectivity index (χ0n) is 22.9. The van der Waals surface area contributed by atoms with Crippen molar-refractivity contribution in [1.82, 2.24) is 24.3 Å². The van der Waals surface area contributed by atoms with Crippen LogP contribution in [0.3, 0.4) is 0 Å². The lowest BCUT2D eigenvalue weighted by molar-refractivity contribution is -0.140. The van der Waals surface area contributed by atoms with Gasteiger partial charge in [0.2, 0.25) is 0 Å². The average molecular weight is 538 g/mol. The molecule has 1 saturated carbocycles. The summed E-state index contributed by atoms with van der Waals surface area (Å²) in [5.41, 5.74) is 2.26. The highest BCUT2D eigenvalue weighted by molar-refractivity contribution is 6.76. The van der Waals surface area contributed by atoms with E-state index < -0.39 is 8.07 Å². The molecule has 4 rings (SSSR count). The minimum atomic E-state index is -1.17. The number of nitrogens with zero attached hydrogens (tertiary/aromatic N) is 6. The Labute approximate surface area is 225 Å². The molecule has 11 heteroatoms. The van der Waals surface area contributed by atoms with Gasteiger partial charge in [0.1, 0.15) is 25.3 Å². The van der Waals surface area contributed by atoms with Crippen LogP contribution in [-0.4, -0.2) is 58.1 Å². The molecular formula is C27H39N7O3Si. The number of esters is 1. The second-order valence-corrected chi connectivity index (χ2v) is 16.7. The third-order valence-corrected chi connectivity index (χ3v) is 8.76. The zero-order valence-corrected chi connectivity index (χ0v) is 23.9. The molecule has 1 fully saturated rings. The van der Waals surface area contributed by atoms with E-state index in [9.17, 15) is 10.1 Å². The van der Waals surface area contributed by atoms with E-state index in [2.05, 4.69) is 41.0 Å². The summed E-state index contributed by atoms with van der Waals surface area (Å²) in [5, 5.41) is 18.4. The number of carbonyl (C=O) groups is 1. The monoisotopic (exact) mass is 537 g/mol. The molecule has 3 aromatic rings. The molecule has 1 unspecified atom stereocenters. The van der Waals surface area contributed by atoms with Gasteiger partial charge in [-0.05, 0) is 37.8 Å². The molecule has 0 spiro atoms. The number of anilines is 1. The molecule has 3 heterocycles. The van der Waals surface area contributed by atoms with Crippen LogP contribution in [0.1, 0.15) is 45.1 Å². The molecule has 1 aliphatic carbocycles. The first kappa shape index (κ1) is 27.8. The van der Waals surface area contributed by atoms with Crippen molar-refractivity contribution in [2.45, 2.75) is 77.5 Å². The molecule has 1 aliphatic rings. The van der Waals surface area contributed by atoms with E-state index in [1.807, 2.05) is 27.7 Å². The summed E-state index contributed by atoms with van der Waals surface area (Å²) < 4.78 is 14.9. The number of nitriles is 1. The minimum absolute atomic E-state index is 0.00956. The number of carbonyl (C=O) groups excluding carboxylic acids is 1. The van der Waals surface area contributed by atoms with E-state index in [-0.39, 0.29) is 18.6 Å². The molecule has 204 valence electrons. The number of hydrogen-bond donors (Lipinski definition) is 1. The Morgan fingerprint density at radius 3 is 2.79 bits per heavy atom. The van der Waals surface area contributed by atoms with Gasteiger partial charge in [-0.1, -0.05) is 32.5 Å². The van der Waals surface area contributed by atoms with Crippen LogP contribution in [0.25, 0.3) is 22.3 Å². The summed E-state index contributed by atoms with van der Waals surface area (Å²) in [6.45, 7) is 10.2. The topological polar surface area (TPSA) is 120 Å². The fourth-order valence-corrected chi connectivity index (χ4v) is 5.77. The first-order valence-corrected chi connectivity index (χ1v) is 17.2. The second kappa shape index (κ2) is 12.5. The maximum absolute atomic E-state index is 12.1. The number of aromatic nitrogens is 5. The molecule has 0 amide bonds. The van der Waals surface area contributed by atoms with Crippen molar-refractivity contribution >= 4 is 30.9 Å². The summed E-state index contributed by atoms with van der Waals surface area (Å²) in [6.07, 6.45) is 10.4. The SMILES string of the molecule is CCOC(=O)CNc1nn(C(CC#N)C2CCCC2)cc1-c1ncnc2c1ccn2COCC[Si](C)(C)C. The van der Waals surface area contributed by atoms with Crippen molar-refractivity contribution < 1.29 is 14.3 Å². The highest BCUT2D eigenvalue weighted by Crippen LogP contribution is 2.38. The Morgan fingerprint density at radius 1 is 1.29 bits per heavy atom. The average Bonchev–Trinajstić information content (AvgIpc) is 3.64. The summed E-state index contributed by atoms with van der Waals surface area (Å²) in [5.74, 6) is 0.588. The Bertz CT molecular complexity index is 1270. The molecule has 38 heavy (non-hydrogen) atoms. The van der Waals surface area contributed by atoms with E-state index in [1.54, 1.807) is 13.3 Å². The molecule has 3 aromatic heterocycles. The molecule has 1 atom stereocenters. The summed E-state index contributed by atoms with van der Waals surface area (Å²) in [6, 6.07) is 5.41. The van der Waals surface area contributed by atoms with Gasteiger partial charge in [-0.15, -0.1) is 0 Å². The zero-order chi connectivity index (χ0) is 27.1. The first-order valence-electron chi connectivity index (χ1n) is 13.5. The Hall–Kier alpha value is -3.23. The van der Waals surface area contributed by atoms with Gasteiger partial charge in [-0.2, -0.15) is 10.4 Å². The van der Waals surface area contributed by atoms with Crippen LogP contribution in [0.4, 0.5) is 5.82 Å². The number of rotatable bonds is 13. The maximum Gasteiger partial charge on any atom is 0.325 e. The van der Waals surface area contributed by atoms with Crippen LogP contribution in [0.15, 0.2) is 24.8 Å². The van der Waals surface area contributed by atoms with Crippen molar-refractivity contribution in [2.24, 2.45) is 5.92 Å². The van der Waals surface area contributed by atoms with Gasteiger partial charge in [0.25, 0.3) is 0 Å². The lowest BCUT2D eigenvalue weighted by atomic mass is 9.96. The molecule has 0 saturated heterocycles. The largest absolute Gasteiger partial charge is 0.465 e. The van der Waals surface area contributed by atoms with Crippen LogP contribution >= 0.6 is 0 Å². The quantitative estimate of drug-likeness (QED) is 0.179. The van der Waals surface area contributed by atoms with Crippen LogP contribution in [0.5, 0.6) is 0 Å². The molecule has 0 bridgehead atoms. The van der Waals surface area contributed by atoms with Crippen molar-refractivity contribution in [3.63, 3.8) is 0 Å². The van der Waals surface area contributed by atoms with E-state index in [0.717, 1.165) is 47.8 Å². The van der Waals surface area contributed by atoms with Crippen molar-refractivity contribution in [1.29, 1.82) is 5.26 Å². The standard InChI is InChI=1S/C27H39N7O3Si/c1-5-37-24(35)16-29-26-22(17-34(32-26)23(10-12-28)20-8-6-7-9-20)25-21-11-13-33(27(21)31-18-30-25)19-36-14-15-38(2,3)4/h11,13,17-18,20,23H,5-10,14-16,19H2,1-4H3,(H,29,32). The number of fused-ring (bicyclic) bond motifs is 1. The lowest BCUT2D eigenvalue weighted by Crippen LogP contribution is -2.22. The first-order chi connectivity index (χ1) is 18.3. The van der Waals surface area contributed by atoms with E-state index in [1.165, 1.54) is 12.8 Å². The van der Waals surface area contributed by atoms with Gasteiger partial charge < -0.3 is 19.4 Å². The number of ether oxygens (including phenoxy) is 2. The third-order valence-electron chi connectivity index (χ3n) is 7.06. The molecular weight excluding hydrogens is 498 g/mol. The Kier molecular flexibility index (Phi) is 9.17. The van der Waals surface area contributed by atoms with Crippen LogP contribution in [-0.2, 0) is 21.0 Å². The normalized spacial score (nSPS) is 15.0. The third kappa shape index (κ3) is 6.79. The highest BCUT2D eigenvalue weighted by atomic mass is 28.3. The molecule has 0 aromatic carbocycles. The van der Waals surface area contributed by atoms with E-state index >= 15 is 0 Å². The maximum atomic E-state index is 12.1. The van der Waals surface area contributed by atoms with Crippen molar-refractivity contribution in [3.05, 3.63) is 24.8 Å². The van der Waals surface area contributed by atoms with Gasteiger partial charge in [-0.3, -0.25) is 9.48 Å². The molecule has 0 aliphatic heterocycles. The summed E-state index contributed by atoms with van der Waals surface area (Å²) in [7, 11) is -1.17. The molecule has 0 radical (unpaired) electrons. The van der Waals surface area contributed by atoms with Crippen LogP contribution < -0.4 is 5.32 Å². The van der Waals surface area contributed by atoms with Crippen molar-refractivity contribution in [2.75, 3.05) is 25.1 Å². The van der Waals surface area contributed by atoms with Crippen LogP contribution in [0, 0.1) is 17.2 Å². The number of nitrogens with one attached hydrogen (secondary N) is 1. The van der Waals surface area contributed by atoms with Gasteiger partial charge in [0.15, 0.2) is 5.82 Å². The summed E-state index contributed by atoms with van der Waals surface area (Å²) in [4.78, 5) is 21.3. The predicted octanol–water partition coefficient (Wildman–Crippen LogP) is 5.23. The smallest absolute Gasteiger partial charge is 0.325 e. The molecule has 10 nitrogen and oxygen atoms in total. The van der Waals surface area contributed by atoms with E-state index in [4.69, 9.17) is 14.6 Å². The van der Waals surface area contributed by atoms with Crippen LogP contribution in [0.2, 0.25) is 25.7 Å². The fourth-order valence-electron chi connectivity index (χ4n) is 5.01. The predicted molar refractivity (Wildman–Crippen MR) is 149 cm³/mol. The lowest BCUT2D eigenvalue weighted by Gasteiger charge is -2.21. The fraction of sp³-hybridized carbons (Fsp3) is 0.593. The Morgan fingerprint density at radius 2 is 2.08 bits per heavy atom. The minimum Gasteiger partial charge on any atom is -0.465 e. The Balaban J connectivity index is 1.66.